The molecule has 0 spiro atoms. The van der Waals surface area contributed by atoms with E-state index in [1.165, 1.54) is 29.4 Å². The van der Waals surface area contributed by atoms with Crippen LogP contribution < -0.4 is 0 Å². The van der Waals surface area contributed by atoms with Crippen LogP contribution in [-0.4, -0.2) is 70.6 Å². The van der Waals surface area contributed by atoms with E-state index in [1.807, 2.05) is 0 Å². The second kappa shape index (κ2) is 8.74. The molecule has 1 N–H and O–H groups in total. The van der Waals surface area contributed by atoms with Crippen molar-refractivity contribution in [2.75, 3.05) is 26.2 Å². The van der Waals surface area contributed by atoms with Gasteiger partial charge in [-0.2, -0.15) is 4.31 Å². The third-order valence-corrected chi connectivity index (χ3v) is 9.08. The van der Waals surface area contributed by atoms with Gasteiger partial charge in [-0.1, -0.05) is 30.3 Å². The molecule has 8 heteroatoms. The second-order valence-corrected chi connectivity index (χ2v) is 11.2. The molecule has 1 aliphatic carbocycles. The van der Waals surface area contributed by atoms with Crippen molar-refractivity contribution in [2.24, 2.45) is 7.05 Å². The Kier molecular flexibility index (Phi) is 5.96. The van der Waals surface area contributed by atoms with Crippen LogP contribution in [0, 0.1) is 0 Å². The van der Waals surface area contributed by atoms with Gasteiger partial charge < -0.3 is 9.67 Å². The van der Waals surface area contributed by atoms with Gasteiger partial charge in [0.05, 0.1) is 12.9 Å². The predicted octanol–water partition coefficient (Wildman–Crippen LogP) is 2.60. The normalized spacial score (nSPS) is 27.3. The first-order valence-electron chi connectivity index (χ1n) is 11.6. The summed E-state index contributed by atoms with van der Waals surface area (Å²) in [6.45, 7) is 1.91. The van der Waals surface area contributed by atoms with Crippen molar-refractivity contribution < 1.29 is 13.5 Å². The smallest absolute Gasteiger partial charge is 0.262 e. The third kappa shape index (κ3) is 3.83. The minimum absolute atomic E-state index is 0.0362. The van der Waals surface area contributed by atoms with Gasteiger partial charge in [0.15, 0.2) is 5.03 Å². The summed E-state index contributed by atoms with van der Waals surface area (Å²) in [6, 6.07) is 8.83. The number of rotatable bonds is 5. The number of sulfonamides is 1. The van der Waals surface area contributed by atoms with Gasteiger partial charge in [0, 0.05) is 44.3 Å². The van der Waals surface area contributed by atoms with Gasteiger partial charge in [0.2, 0.25) is 0 Å². The molecule has 5 rings (SSSR count). The summed E-state index contributed by atoms with van der Waals surface area (Å²) in [6.07, 6.45) is 10.7. The van der Waals surface area contributed by atoms with Gasteiger partial charge in [-0.15, -0.1) is 0 Å². The number of fused-ring (bicyclic) bond motifs is 1. The van der Waals surface area contributed by atoms with Gasteiger partial charge >= 0.3 is 0 Å². The number of aromatic nitrogens is 2. The molecule has 7 nitrogen and oxygen atoms in total. The summed E-state index contributed by atoms with van der Waals surface area (Å²) in [7, 11) is -1.87. The number of allylic oxidation sites excluding steroid dienone is 2. The molecule has 0 bridgehead atoms. The van der Waals surface area contributed by atoms with Crippen LogP contribution in [0.5, 0.6) is 0 Å². The molecule has 0 radical (unpaired) electrons. The number of aliphatic hydroxyl groups excluding tert-OH is 1. The highest BCUT2D eigenvalue weighted by atomic mass is 32.2. The first kappa shape index (κ1) is 21.8. The summed E-state index contributed by atoms with van der Waals surface area (Å²) in [5.41, 5.74) is 3.88. The number of hydrogen-bond donors (Lipinski definition) is 1. The maximum atomic E-state index is 13.3. The lowest BCUT2D eigenvalue weighted by Gasteiger charge is -2.57. The quantitative estimate of drug-likeness (QED) is 0.748. The predicted molar refractivity (Wildman–Crippen MR) is 124 cm³/mol. The number of hydrogen-bond acceptors (Lipinski definition) is 5. The lowest BCUT2D eigenvalue weighted by Crippen LogP contribution is -2.67. The lowest BCUT2D eigenvalue weighted by atomic mass is 9.74. The van der Waals surface area contributed by atoms with Crippen LogP contribution in [-0.2, 0) is 17.1 Å². The minimum Gasteiger partial charge on any atom is -0.395 e. The summed E-state index contributed by atoms with van der Waals surface area (Å²) < 4.78 is 29.9. The fourth-order valence-electron chi connectivity index (χ4n) is 5.63. The maximum absolute atomic E-state index is 13.3. The van der Waals surface area contributed by atoms with E-state index in [0.717, 1.165) is 32.2 Å². The molecule has 0 unspecified atom stereocenters. The van der Waals surface area contributed by atoms with Gasteiger partial charge in [-0.25, -0.2) is 13.4 Å². The molecule has 1 aromatic heterocycles. The highest BCUT2D eigenvalue weighted by Crippen LogP contribution is 2.43. The minimum atomic E-state index is -3.65. The average molecular weight is 457 g/mol. The summed E-state index contributed by atoms with van der Waals surface area (Å²) in [5, 5.41) is 10.3. The molecule has 3 atom stereocenters. The van der Waals surface area contributed by atoms with Crippen molar-refractivity contribution in [3.63, 3.8) is 0 Å². The first-order chi connectivity index (χ1) is 15.5. The Morgan fingerprint density at radius 2 is 1.91 bits per heavy atom. The molecule has 2 saturated heterocycles. The zero-order valence-corrected chi connectivity index (χ0v) is 19.4. The Hall–Kier alpha value is -2.00. The van der Waals surface area contributed by atoms with Gasteiger partial charge in [0.1, 0.15) is 0 Å². The van der Waals surface area contributed by atoms with Crippen molar-refractivity contribution in [1.29, 1.82) is 0 Å². The van der Waals surface area contributed by atoms with E-state index in [0.29, 0.717) is 13.1 Å². The van der Waals surface area contributed by atoms with E-state index >= 15 is 0 Å². The van der Waals surface area contributed by atoms with E-state index in [-0.39, 0.29) is 29.6 Å². The summed E-state index contributed by atoms with van der Waals surface area (Å²) in [5.74, 6) is 0.117. The van der Waals surface area contributed by atoms with Crippen molar-refractivity contribution in [2.45, 2.75) is 55.1 Å². The van der Waals surface area contributed by atoms with E-state index in [2.05, 4.69) is 40.2 Å². The molecular weight excluding hydrogens is 424 g/mol. The van der Waals surface area contributed by atoms with Crippen LogP contribution >= 0.6 is 0 Å². The van der Waals surface area contributed by atoms with Crippen LogP contribution in [0.15, 0.2) is 47.9 Å². The molecule has 3 aliphatic rings. The molecule has 172 valence electrons. The molecule has 0 saturated carbocycles. The molecular formula is C24H32N4O3S. The molecule has 3 heterocycles. The molecule has 32 heavy (non-hydrogen) atoms. The Morgan fingerprint density at radius 3 is 2.56 bits per heavy atom. The van der Waals surface area contributed by atoms with E-state index in [9.17, 15) is 13.5 Å². The second-order valence-electron chi connectivity index (χ2n) is 9.27. The fourth-order valence-corrected chi connectivity index (χ4v) is 7.10. The molecule has 0 amide bonds. The Labute approximate surface area is 190 Å². The maximum Gasteiger partial charge on any atom is 0.262 e. The van der Waals surface area contributed by atoms with Crippen molar-refractivity contribution in [3.05, 3.63) is 54.0 Å². The van der Waals surface area contributed by atoms with Gasteiger partial charge in [-0.05, 0) is 55.3 Å². The van der Waals surface area contributed by atoms with Crippen molar-refractivity contribution in [3.8, 4) is 0 Å². The van der Waals surface area contributed by atoms with Crippen LogP contribution in [0.4, 0.5) is 0 Å². The van der Waals surface area contributed by atoms with Crippen LogP contribution in [0.3, 0.4) is 0 Å². The van der Waals surface area contributed by atoms with Gasteiger partial charge in [0.25, 0.3) is 10.0 Å². The fraction of sp³-hybridized carbons (Fsp3) is 0.542. The van der Waals surface area contributed by atoms with E-state index in [1.54, 1.807) is 22.1 Å². The average Bonchev–Trinajstić information content (AvgIpc) is 3.45. The SMILES string of the molecule is Cn1cnc(S(=O)(=O)N2CCCCN3[C@H](CO)[C@@H](c4ccc(C5=CCCC5)cc4)[C@H]3C2)c1. The Bertz CT molecular complexity index is 1090. The van der Waals surface area contributed by atoms with Crippen molar-refractivity contribution >= 4 is 15.6 Å². The standard InChI is InChI=1S/C24H32N4O3S/c1-26-15-23(25-17-26)32(30,31)27-12-4-5-13-28-21(14-27)24(22(28)16-29)20-10-8-19(9-11-20)18-6-2-3-7-18/h6,8-11,15,17,21-22,24,29H,2-5,7,12-14,16H2,1H3/t21-,22-,24+/m1/s1. The van der Waals surface area contributed by atoms with E-state index in [4.69, 9.17) is 0 Å². The van der Waals surface area contributed by atoms with Gasteiger partial charge in [-0.3, -0.25) is 4.90 Å². The highest BCUT2D eigenvalue weighted by Gasteiger charge is 2.50. The summed E-state index contributed by atoms with van der Waals surface area (Å²) >= 11 is 0. The largest absolute Gasteiger partial charge is 0.395 e. The summed E-state index contributed by atoms with van der Waals surface area (Å²) in [4.78, 5) is 6.41. The van der Waals surface area contributed by atoms with Crippen LogP contribution in [0.2, 0.25) is 0 Å². The number of aryl methyl sites for hydroxylation is 1. The number of imidazole rings is 1. The van der Waals surface area contributed by atoms with Crippen LogP contribution in [0.1, 0.15) is 49.1 Å². The molecule has 2 aliphatic heterocycles. The zero-order valence-electron chi connectivity index (χ0n) is 18.6. The molecule has 2 aromatic rings. The van der Waals surface area contributed by atoms with E-state index < -0.39 is 10.0 Å². The Morgan fingerprint density at radius 1 is 1.12 bits per heavy atom. The number of aliphatic hydroxyl groups is 1. The first-order valence-corrected chi connectivity index (χ1v) is 13.1. The van der Waals surface area contributed by atoms with Crippen LogP contribution in [0.25, 0.3) is 5.57 Å². The third-order valence-electron chi connectivity index (χ3n) is 7.33. The molecule has 1 aromatic carbocycles. The number of nitrogens with zero attached hydrogens (tertiary/aromatic N) is 4. The lowest BCUT2D eigenvalue weighted by molar-refractivity contribution is -0.0554. The topological polar surface area (TPSA) is 78.7 Å². The highest BCUT2D eigenvalue weighted by molar-refractivity contribution is 7.89. The monoisotopic (exact) mass is 456 g/mol. The van der Waals surface area contributed by atoms with Crippen molar-refractivity contribution in [1.82, 2.24) is 18.8 Å². The molecule has 2 fully saturated rings. The number of benzene rings is 1. The Balaban J connectivity index is 1.41. The zero-order chi connectivity index (χ0) is 22.3.